The molecular weight excluding hydrogens is 392 g/mol. The Morgan fingerprint density at radius 1 is 1.03 bits per heavy atom. The molecule has 1 heterocycles. The van der Waals surface area contributed by atoms with Gasteiger partial charge in [-0.1, -0.05) is 27.7 Å². The second-order valence-electron chi connectivity index (χ2n) is 8.70. The molecular formula is C20H36N4O6. The molecule has 10 heteroatoms. The highest BCUT2D eigenvalue weighted by Crippen LogP contribution is 2.21. The standard InChI is InChI=1S/C20H36N4O6/c1-11(2)8-13(21)17(26)22-14(9-12(3)4)19(28)24-7-5-6-16(24)18(27)23-15(10-25)20(29)30/h11-16,25H,5-10,21H2,1-4H3,(H,22,26)(H,23,27)(H,29,30). The topological polar surface area (TPSA) is 162 Å². The van der Waals surface area contributed by atoms with Crippen molar-refractivity contribution in [3.63, 3.8) is 0 Å². The van der Waals surface area contributed by atoms with Crippen LogP contribution in [-0.4, -0.2) is 76.1 Å². The Morgan fingerprint density at radius 2 is 1.63 bits per heavy atom. The lowest BCUT2D eigenvalue weighted by Gasteiger charge is -2.30. The lowest BCUT2D eigenvalue weighted by molar-refractivity contribution is -0.145. The van der Waals surface area contributed by atoms with Crippen molar-refractivity contribution in [1.29, 1.82) is 0 Å². The summed E-state index contributed by atoms with van der Waals surface area (Å²) in [7, 11) is 0. The Labute approximate surface area is 177 Å². The molecule has 6 N–H and O–H groups in total. The van der Waals surface area contributed by atoms with Crippen LogP contribution in [0.4, 0.5) is 0 Å². The number of hydrogen-bond donors (Lipinski definition) is 5. The largest absolute Gasteiger partial charge is 0.480 e. The number of nitrogens with one attached hydrogen (secondary N) is 2. The van der Waals surface area contributed by atoms with Crippen molar-refractivity contribution in [3.8, 4) is 0 Å². The van der Waals surface area contributed by atoms with Crippen molar-refractivity contribution >= 4 is 23.7 Å². The SMILES string of the molecule is CC(C)CC(N)C(=O)NC(CC(C)C)C(=O)N1CCCC1C(=O)NC(CO)C(=O)O. The summed E-state index contributed by atoms with van der Waals surface area (Å²) < 4.78 is 0. The first kappa shape index (κ1) is 25.8. The molecule has 0 aromatic carbocycles. The number of likely N-dealkylation sites (tertiary alicyclic amines) is 1. The van der Waals surface area contributed by atoms with Gasteiger partial charge in [-0.15, -0.1) is 0 Å². The molecule has 1 aliphatic rings. The van der Waals surface area contributed by atoms with Gasteiger partial charge in [-0.25, -0.2) is 4.79 Å². The van der Waals surface area contributed by atoms with Crippen LogP contribution >= 0.6 is 0 Å². The smallest absolute Gasteiger partial charge is 0.328 e. The number of carbonyl (C=O) groups excluding carboxylic acids is 3. The van der Waals surface area contributed by atoms with Gasteiger partial charge in [0.1, 0.15) is 18.1 Å². The average Bonchev–Trinajstić information content (AvgIpc) is 3.13. The minimum absolute atomic E-state index is 0.112. The van der Waals surface area contributed by atoms with E-state index in [0.717, 1.165) is 0 Å². The number of nitrogens with zero attached hydrogens (tertiary/aromatic N) is 1. The Kier molecular flexibility index (Phi) is 10.2. The van der Waals surface area contributed by atoms with Gasteiger partial charge in [-0.2, -0.15) is 0 Å². The van der Waals surface area contributed by atoms with E-state index in [1.165, 1.54) is 4.90 Å². The maximum Gasteiger partial charge on any atom is 0.328 e. The summed E-state index contributed by atoms with van der Waals surface area (Å²) in [6, 6.07) is -3.83. The van der Waals surface area contributed by atoms with Crippen molar-refractivity contribution in [2.45, 2.75) is 77.5 Å². The zero-order chi connectivity index (χ0) is 23.0. The highest BCUT2D eigenvalue weighted by Gasteiger charge is 2.39. The molecule has 0 spiro atoms. The fourth-order valence-corrected chi connectivity index (χ4v) is 3.54. The van der Waals surface area contributed by atoms with Crippen LogP contribution in [0.25, 0.3) is 0 Å². The molecule has 0 saturated carbocycles. The highest BCUT2D eigenvalue weighted by atomic mass is 16.4. The molecule has 0 radical (unpaired) electrons. The second kappa shape index (κ2) is 11.8. The van der Waals surface area contributed by atoms with Crippen molar-refractivity contribution in [3.05, 3.63) is 0 Å². The Morgan fingerprint density at radius 3 is 2.13 bits per heavy atom. The summed E-state index contributed by atoms with van der Waals surface area (Å²) in [4.78, 5) is 50.7. The molecule has 0 aromatic heterocycles. The van der Waals surface area contributed by atoms with Crippen LogP contribution in [0.3, 0.4) is 0 Å². The second-order valence-corrected chi connectivity index (χ2v) is 8.70. The van der Waals surface area contributed by atoms with Gasteiger partial charge >= 0.3 is 5.97 Å². The summed E-state index contributed by atoms with van der Waals surface area (Å²) in [5.41, 5.74) is 5.94. The van der Waals surface area contributed by atoms with E-state index in [4.69, 9.17) is 15.9 Å². The summed E-state index contributed by atoms with van der Waals surface area (Å²) in [6.45, 7) is 7.33. The van der Waals surface area contributed by atoms with Crippen LogP contribution in [0.2, 0.25) is 0 Å². The summed E-state index contributed by atoms with van der Waals surface area (Å²) in [5.74, 6) is -2.44. The van der Waals surface area contributed by atoms with Crippen LogP contribution in [0, 0.1) is 11.8 Å². The summed E-state index contributed by atoms with van der Waals surface area (Å²) >= 11 is 0. The molecule has 172 valence electrons. The minimum atomic E-state index is -1.43. The maximum absolute atomic E-state index is 13.2. The highest BCUT2D eigenvalue weighted by molar-refractivity contribution is 5.94. The van der Waals surface area contributed by atoms with Gasteiger partial charge in [0.25, 0.3) is 0 Å². The monoisotopic (exact) mass is 428 g/mol. The predicted molar refractivity (Wildman–Crippen MR) is 110 cm³/mol. The quantitative estimate of drug-likeness (QED) is 0.295. The molecule has 30 heavy (non-hydrogen) atoms. The van der Waals surface area contributed by atoms with E-state index in [2.05, 4.69) is 10.6 Å². The first-order chi connectivity index (χ1) is 14.0. The van der Waals surface area contributed by atoms with E-state index in [-0.39, 0.29) is 17.7 Å². The number of carboxylic acid groups (broad SMARTS) is 1. The molecule has 10 nitrogen and oxygen atoms in total. The summed E-state index contributed by atoms with van der Waals surface area (Å²) in [6.07, 6.45) is 1.83. The Balaban J connectivity index is 2.92. The van der Waals surface area contributed by atoms with Crippen LogP contribution in [0.15, 0.2) is 0 Å². The molecule has 1 saturated heterocycles. The van der Waals surface area contributed by atoms with Gasteiger partial charge in [-0.05, 0) is 37.5 Å². The zero-order valence-corrected chi connectivity index (χ0v) is 18.3. The third kappa shape index (κ3) is 7.56. The average molecular weight is 429 g/mol. The van der Waals surface area contributed by atoms with E-state index < -0.39 is 48.6 Å². The number of hydrogen-bond acceptors (Lipinski definition) is 6. The number of nitrogens with two attached hydrogens (primary N) is 1. The van der Waals surface area contributed by atoms with Crippen LogP contribution in [-0.2, 0) is 19.2 Å². The minimum Gasteiger partial charge on any atom is -0.480 e. The first-order valence-corrected chi connectivity index (χ1v) is 10.5. The molecule has 1 fully saturated rings. The van der Waals surface area contributed by atoms with Gasteiger partial charge in [0.05, 0.1) is 12.6 Å². The molecule has 4 atom stereocenters. The molecule has 0 bridgehead atoms. The van der Waals surface area contributed by atoms with Crippen molar-refractivity contribution in [1.82, 2.24) is 15.5 Å². The lowest BCUT2D eigenvalue weighted by Crippen LogP contribution is -2.57. The number of amides is 3. The molecule has 0 aliphatic carbocycles. The number of aliphatic hydroxyl groups excluding tert-OH is 1. The lowest BCUT2D eigenvalue weighted by atomic mass is 10.00. The van der Waals surface area contributed by atoms with E-state index in [1.807, 2.05) is 27.7 Å². The Bertz CT molecular complexity index is 624. The third-order valence-corrected chi connectivity index (χ3v) is 5.02. The Hall–Kier alpha value is -2.20. The van der Waals surface area contributed by atoms with Crippen molar-refractivity contribution in [2.24, 2.45) is 17.6 Å². The number of carbonyl (C=O) groups is 4. The van der Waals surface area contributed by atoms with Crippen LogP contribution in [0.1, 0.15) is 53.4 Å². The third-order valence-electron chi connectivity index (χ3n) is 5.02. The fourth-order valence-electron chi connectivity index (χ4n) is 3.54. The van der Waals surface area contributed by atoms with Gasteiger partial charge in [-0.3, -0.25) is 14.4 Å². The summed E-state index contributed by atoms with van der Waals surface area (Å²) in [5, 5.41) is 23.2. The molecule has 4 unspecified atom stereocenters. The van der Waals surface area contributed by atoms with Gasteiger partial charge in [0, 0.05) is 6.54 Å². The molecule has 1 aliphatic heterocycles. The van der Waals surface area contributed by atoms with Gasteiger partial charge in [0.2, 0.25) is 17.7 Å². The number of aliphatic hydroxyl groups is 1. The zero-order valence-electron chi connectivity index (χ0n) is 18.3. The van der Waals surface area contributed by atoms with E-state index in [1.54, 1.807) is 0 Å². The molecule has 1 rings (SSSR count). The fraction of sp³-hybridized carbons (Fsp3) is 0.800. The van der Waals surface area contributed by atoms with E-state index >= 15 is 0 Å². The maximum atomic E-state index is 13.2. The predicted octanol–water partition coefficient (Wildman–Crippen LogP) is -0.557. The van der Waals surface area contributed by atoms with Crippen molar-refractivity contribution in [2.75, 3.05) is 13.2 Å². The van der Waals surface area contributed by atoms with Gasteiger partial charge in [0.15, 0.2) is 0 Å². The van der Waals surface area contributed by atoms with Gasteiger partial charge < -0.3 is 31.5 Å². The van der Waals surface area contributed by atoms with E-state index in [9.17, 15) is 19.2 Å². The van der Waals surface area contributed by atoms with Crippen LogP contribution in [0.5, 0.6) is 0 Å². The van der Waals surface area contributed by atoms with Crippen molar-refractivity contribution < 1.29 is 29.4 Å². The van der Waals surface area contributed by atoms with Crippen LogP contribution < -0.4 is 16.4 Å². The number of aliphatic carboxylic acids is 1. The molecule has 0 aromatic rings. The normalized spacial score (nSPS) is 19.5. The number of rotatable bonds is 11. The number of carboxylic acids is 1. The first-order valence-electron chi connectivity index (χ1n) is 10.5. The van der Waals surface area contributed by atoms with E-state index in [0.29, 0.717) is 32.2 Å². The molecule has 3 amide bonds.